The molecule has 0 aliphatic carbocycles. The number of benzene rings is 2. The summed E-state index contributed by atoms with van der Waals surface area (Å²) < 4.78 is 20.5. The molecule has 172 valence electrons. The van der Waals surface area contributed by atoms with Crippen molar-refractivity contribution >= 4 is 11.9 Å². The van der Waals surface area contributed by atoms with E-state index in [1.54, 1.807) is 21.3 Å². The molecule has 0 bridgehead atoms. The lowest BCUT2D eigenvalue weighted by Gasteiger charge is -2.13. The minimum Gasteiger partial charge on any atom is -1.00 e. The van der Waals surface area contributed by atoms with Gasteiger partial charge < -0.3 is 31.5 Å². The monoisotopic (exact) mass is 458 g/mol. The van der Waals surface area contributed by atoms with Crippen molar-refractivity contribution in [2.75, 3.05) is 40.3 Å². The molecule has 0 saturated heterocycles. The predicted molar refractivity (Wildman–Crippen MR) is 123 cm³/mol. The minimum absolute atomic E-state index is 0. The molecule has 7 nitrogen and oxygen atoms in total. The van der Waals surface area contributed by atoms with Crippen LogP contribution >= 0.6 is 0 Å². The van der Waals surface area contributed by atoms with Gasteiger partial charge in [-0.25, -0.2) is 4.57 Å². The normalized spacial score (nSPS) is 10.7. The van der Waals surface area contributed by atoms with Gasteiger partial charge in [-0.2, -0.15) is 0 Å². The van der Waals surface area contributed by atoms with Crippen LogP contribution < -0.4 is 36.2 Å². The second-order valence-corrected chi connectivity index (χ2v) is 7.30. The van der Waals surface area contributed by atoms with Crippen LogP contribution in [0.25, 0.3) is 0 Å². The van der Waals surface area contributed by atoms with E-state index in [4.69, 9.17) is 14.2 Å². The van der Waals surface area contributed by atoms with Gasteiger partial charge in [-0.1, -0.05) is 24.2 Å². The molecule has 2 aromatic carbocycles. The Morgan fingerprint density at radius 3 is 2.12 bits per heavy atom. The molecule has 0 spiro atoms. The number of rotatable bonds is 9. The average Bonchev–Trinajstić information content (AvgIpc) is 3.18. The van der Waals surface area contributed by atoms with E-state index >= 15 is 0 Å². The average molecular weight is 459 g/mol. The lowest BCUT2D eigenvalue weighted by Crippen LogP contribution is -3.00. The van der Waals surface area contributed by atoms with E-state index < -0.39 is 0 Å². The highest BCUT2D eigenvalue weighted by molar-refractivity contribution is 5.79. The fourth-order valence-corrected chi connectivity index (χ4v) is 3.47. The second kappa shape index (κ2) is 11.4. The molecular weight excluding hydrogens is 428 g/mol. The third-order valence-corrected chi connectivity index (χ3v) is 5.12. The summed E-state index contributed by atoms with van der Waals surface area (Å²) in [6.07, 6.45) is 6.73. The predicted octanol–water partition coefficient (Wildman–Crippen LogP) is 0.364. The quantitative estimate of drug-likeness (QED) is 0.343. The number of hydrogen-bond acceptors (Lipinski definition) is 5. The maximum absolute atomic E-state index is 5.48. The largest absolute Gasteiger partial charge is 1.00 e. The number of aromatic nitrogens is 2. The first kappa shape index (κ1) is 25.1. The lowest BCUT2D eigenvalue weighted by atomic mass is 10.1. The van der Waals surface area contributed by atoms with Crippen molar-refractivity contribution in [3.05, 3.63) is 65.7 Å². The molecule has 0 aliphatic heterocycles. The summed E-state index contributed by atoms with van der Waals surface area (Å²) in [6.45, 7) is 2.79. The summed E-state index contributed by atoms with van der Waals surface area (Å²) in [5.41, 5.74) is 3.27. The molecule has 0 fully saturated rings. The lowest BCUT2D eigenvalue weighted by molar-refractivity contribution is -0.685. The van der Waals surface area contributed by atoms with Crippen molar-refractivity contribution in [2.24, 2.45) is 5.10 Å². The Balaban J connectivity index is 0.00000363. The third kappa shape index (κ3) is 5.53. The van der Waals surface area contributed by atoms with E-state index in [9.17, 15) is 0 Å². The number of hydrogen-bond donors (Lipinski definition) is 0. The molecule has 0 N–H and O–H groups in total. The summed E-state index contributed by atoms with van der Waals surface area (Å²) in [6, 6.07) is 12.3. The highest BCUT2D eigenvalue weighted by atomic mass is 35.5. The Kier molecular flexibility index (Phi) is 8.96. The standard InChI is InChI=1S/C24H31N4O3.ClH/c1-7-23-27(17-19-14-21(29-4)24(31-6)22(15-19)30-5)12-13-28(23)25-16-18-8-10-20(11-9-18)26(2)3;/h8-16H,7,17H2,1-6H3;1H/q+1;/p-1/b25-16+;. The molecule has 0 radical (unpaired) electrons. The van der Waals surface area contributed by atoms with Crippen molar-refractivity contribution in [1.82, 2.24) is 4.57 Å². The number of halogens is 1. The van der Waals surface area contributed by atoms with E-state index in [1.807, 2.05) is 49.5 Å². The van der Waals surface area contributed by atoms with Crippen LogP contribution in [0.2, 0.25) is 0 Å². The van der Waals surface area contributed by atoms with Crippen LogP contribution in [0.4, 0.5) is 5.69 Å². The molecule has 0 unspecified atom stereocenters. The maximum atomic E-state index is 5.48. The van der Waals surface area contributed by atoms with Gasteiger partial charge in [0, 0.05) is 31.8 Å². The first-order chi connectivity index (χ1) is 15.0. The molecule has 8 heteroatoms. The first-order valence-electron chi connectivity index (χ1n) is 10.2. The highest BCUT2D eigenvalue weighted by Crippen LogP contribution is 2.38. The number of imidazole rings is 1. The molecule has 1 heterocycles. The van der Waals surface area contributed by atoms with Gasteiger partial charge in [0.1, 0.15) is 12.7 Å². The van der Waals surface area contributed by atoms with Crippen LogP contribution in [0.5, 0.6) is 17.2 Å². The van der Waals surface area contributed by atoms with E-state index in [0.29, 0.717) is 23.8 Å². The number of ether oxygens (including phenoxy) is 3. The molecule has 3 rings (SSSR count). The van der Waals surface area contributed by atoms with Crippen molar-refractivity contribution in [3.8, 4) is 17.2 Å². The van der Waals surface area contributed by atoms with Gasteiger partial charge in [0.2, 0.25) is 5.75 Å². The van der Waals surface area contributed by atoms with E-state index in [2.05, 4.69) is 45.8 Å². The fourth-order valence-electron chi connectivity index (χ4n) is 3.47. The van der Waals surface area contributed by atoms with Crippen LogP contribution in [0, 0.1) is 0 Å². The van der Waals surface area contributed by atoms with Gasteiger partial charge in [0.15, 0.2) is 17.7 Å². The Hall–Kier alpha value is -3.19. The molecular formula is C24H31ClN4O3. The van der Waals surface area contributed by atoms with Crippen LogP contribution in [0.15, 0.2) is 53.9 Å². The highest BCUT2D eigenvalue weighted by Gasteiger charge is 2.18. The molecule has 0 atom stereocenters. The van der Waals surface area contributed by atoms with Crippen LogP contribution in [0.1, 0.15) is 23.9 Å². The molecule has 1 aromatic heterocycles. The van der Waals surface area contributed by atoms with Crippen molar-refractivity contribution in [3.63, 3.8) is 0 Å². The summed E-state index contributed by atoms with van der Waals surface area (Å²) in [5.74, 6) is 2.98. The van der Waals surface area contributed by atoms with Crippen LogP contribution in [-0.2, 0) is 13.0 Å². The Morgan fingerprint density at radius 2 is 1.62 bits per heavy atom. The summed E-state index contributed by atoms with van der Waals surface area (Å²) in [4.78, 5) is 2.08. The topological polar surface area (TPSA) is 52.1 Å². The molecule has 0 saturated carbocycles. The Labute approximate surface area is 196 Å². The van der Waals surface area contributed by atoms with Crippen molar-refractivity contribution < 1.29 is 31.3 Å². The Morgan fingerprint density at radius 1 is 1.00 bits per heavy atom. The summed E-state index contributed by atoms with van der Waals surface area (Å²) in [5, 5.41) is 4.67. The minimum atomic E-state index is 0. The number of nitrogens with zero attached hydrogens (tertiary/aromatic N) is 4. The van der Waals surface area contributed by atoms with Gasteiger partial charge in [-0.3, -0.25) is 0 Å². The SMILES string of the molecule is CCc1n(Cc2cc(OC)c(OC)c(OC)c2)cc[n+]1/N=C/c1ccc(N(C)C)cc1.[Cl-]. The van der Waals surface area contributed by atoms with Gasteiger partial charge in [0.25, 0.3) is 5.82 Å². The summed E-state index contributed by atoms with van der Waals surface area (Å²) in [7, 11) is 8.92. The van der Waals surface area contributed by atoms with Crippen LogP contribution in [-0.4, -0.2) is 46.2 Å². The van der Waals surface area contributed by atoms with Gasteiger partial charge in [-0.05, 0) is 29.8 Å². The maximum Gasteiger partial charge on any atom is 0.282 e. The van der Waals surface area contributed by atoms with Crippen molar-refractivity contribution in [2.45, 2.75) is 19.9 Å². The molecule has 0 amide bonds. The number of methoxy groups -OCH3 is 3. The zero-order chi connectivity index (χ0) is 22.4. The van der Waals surface area contributed by atoms with E-state index in [-0.39, 0.29) is 12.4 Å². The first-order valence-corrected chi connectivity index (χ1v) is 10.2. The second-order valence-electron chi connectivity index (χ2n) is 7.30. The zero-order valence-corrected chi connectivity index (χ0v) is 20.3. The van der Waals surface area contributed by atoms with Gasteiger partial charge in [0.05, 0.1) is 27.5 Å². The van der Waals surface area contributed by atoms with Gasteiger partial charge >= 0.3 is 0 Å². The smallest absolute Gasteiger partial charge is 0.282 e. The number of anilines is 1. The van der Waals surface area contributed by atoms with E-state index in [1.165, 1.54) is 0 Å². The van der Waals surface area contributed by atoms with Crippen molar-refractivity contribution in [1.29, 1.82) is 0 Å². The third-order valence-electron chi connectivity index (χ3n) is 5.12. The van der Waals surface area contributed by atoms with Crippen LogP contribution in [0.3, 0.4) is 0 Å². The Bertz CT molecular complexity index is 1020. The molecule has 0 aliphatic rings. The summed E-state index contributed by atoms with van der Waals surface area (Å²) >= 11 is 0. The fraction of sp³-hybridized carbons (Fsp3) is 0.333. The molecule has 3 aromatic rings. The van der Waals surface area contributed by atoms with E-state index in [0.717, 1.165) is 29.1 Å². The molecule has 32 heavy (non-hydrogen) atoms. The van der Waals surface area contributed by atoms with Gasteiger partial charge in [-0.15, -0.1) is 4.68 Å². The zero-order valence-electron chi connectivity index (χ0n) is 19.5.